The van der Waals surface area contributed by atoms with Crippen molar-refractivity contribution in [2.45, 2.75) is 6.54 Å². The lowest BCUT2D eigenvalue weighted by Gasteiger charge is -2.34. The zero-order valence-corrected chi connectivity index (χ0v) is 12.8. The normalized spacial score (nSPS) is 16.4. The van der Waals surface area contributed by atoms with Crippen molar-refractivity contribution >= 4 is 29.1 Å². The number of carbonyl (C=O) groups excluding carboxylic acids is 1. The van der Waals surface area contributed by atoms with Crippen molar-refractivity contribution in [1.29, 1.82) is 0 Å². The molecule has 1 fully saturated rings. The summed E-state index contributed by atoms with van der Waals surface area (Å²) in [4.78, 5) is 19.7. The maximum absolute atomic E-state index is 11.7. The monoisotopic (exact) mass is 317 g/mol. The van der Waals surface area contributed by atoms with E-state index in [1.807, 2.05) is 17.0 Å². The fourth-order valence-corrected chi connectivity index (χ4v) is 2.74. The molecule has 0 aliphatic carbocycles. The molecule has 20 heavy (non-hydrogen) atoms. The molecular formula is C13H17Cl2N3O2. The number of halogens is 2. The Bertz CT molecular complexity index is 456. The number of aromatic nitrogens is 1. The van der Waals surface area contributed by atoms with E-state index in [0.29, 0.717) is 10.3 Å². The third kappa shape index (κ3) is 4.31. The molecule has 1 amide bonds. The van der Waals surface area contributed by atoms with Gasteiger partial charge < -0.3 is 9.64 Å². The number of pyridine rings is 1. The molecule has 5 nitrogen and oxygen atoms in total. The summed E-state index contributed by atoms with van der Waals surface area (Å²) in [5, 5.41) is 0.808. The topological polar surface area (TPSA) is 45.7 Å². The number of piperazine rings is 1. The van der Waals surface area contributed by atoms with Crippen molar-refractivity contribution in [2.75, 3.05) is 39.9 Å². The van der Waals surface area contributed by atoms with Gasteiger partial charge in [0.2, 0.25) is 5.91 Å². The average Bonchev–Trinajstić information content (AvgIpc) is 2.38. The van der Waals surface area contributed by atoms with E-state index in [4.69, 9.17) is 27.9 Å². The lowest BCUT2D eigenvalue weighted by molar-refractivity contribution is -0.136. The summed E-state index contributed by atoms with van der Waals surface area (Å²) >= 11 is 11.8. The highest BCUT2D eigenvalue weighted by Crippen LogP contribution is 2.17. The zero-order chi connectivity index (χ0) is 14.5. The number of methoxy groups -OCH3 is 1. The van der Waals surface area contributed by atoms with Crippen molar-refractivity contribution in [3.8, 4) is 0 Å². The number of nitrogens with zero attached hydrogens (tertiary/aromatic N) is 3. The van der Waals surface area contributed by atoms with Gasteiger partial charge in [-0.15, -0.1) is 0 Å². The Hall–Kier alpha value is -0.880. The van der Waals surface area contributed by atoms with Crippen molar-refractivity contribution < 1.29 is 9.53 Å². The molecule has 1 saturated heterocycles. The number of carbonyl (C=O) groups is 1. The van der Waals surface area contributed by atoms with Crippen LogP contribution in [0.1, 0.15) is 5.56 Å². The first-order valence-corrected chi connectivity index (χ1v) is 7.15. The summed E-state index contributed by atoms with van der Waals surface area (Å²) < 4.78 is 4.86. The van der Waals surface area contributed by atoms with Gasteiger partial charge >= 0.3 is 0 Å². The van der Waals surface area contributed by atoms with E-state index in [-0.39, 0.29) is 12.5 Å². The smallest absolute Gasteiger partial charge is 0.248 e. The van der Waals surface area contributed by atoms with Crippen LogP contribution in [0, 0.1) is 0 Å². The van der Waals surface area contributed by atoms with Gasteiger partial charge in [0.15, 0.2) is 0 Å². The predicted molar refractivity (Wildman–Crippen MR) is 78.0 cm³/mol. The third-order valence-corrected chi connectivity index (χ3v) is 3.61. The molecule has 0 atom stereocenters. The molecule has 0 spiro atoms. The highest BCUT2D eigenvalue weighted by molar-refractivity contribution is 6.32. The van der Waals surface area contributed by atoms with Gasteiger partial charge in [0.25, 0.3) is 0 Å². The summed E-state index contributed by atoms with van der Waals surface area (Å²) in [7, 11) is 1.53. The average molecular weight is 318 g/mol. The molecule has 0 N–H and O–H groups in total. The molecule has 2 heterocycles. The van der Waals surface area contributed by atoms with Crippen LogP contribution in [0.2, 0.25) is 10.3 Å². The minimum absolute atomic E-state index is 0.0437. The third-order valence-electron chi connectivity index (χ3n) is 3.22. The van der Waals surface area contributed by atoms with E-state index >= 15 is 0 Å². The first-order valence-electron chi connectivity index (χ1n) is 6.39. The van der Waals surface area contributed by atoms with Crippen LogP contribution < -0.4 is 0 Å². The molecule has 0 saturated carbocycles. The van der Waals surface area contributed by atoms with E-state index < -0.39 is 0 Å². The summed E-state index contributed by atoms with van der Waals surface area (Å²) in [6.07, 6.45) is 0. The lowest BCUT2D eigenvalue weighted by atomic mass is 10.2. The molecule has 0 bridgehead atoms. The van der Waals surface area contributed by atoms with Crippen LogP contribution in [-0.2, 0) is 16.1 Å². The summed E-state index contributed by atoms with van der Waals surface area (Å²) in [6.45, 7) is 3.99. The Labute approximate surface area is 128 Å². The zero-order valence-electron chi connectivity index (χ0n) is 11.3. The molecule has 0 unspecified atom stereocenters. The second-order valence-electron chi connectivity index (χ2n) is 4.71. The van der Waals surface area contributed by atoms with Crippen LogP contribution in [0.15, 0.2) is 12.1 Å². The number of ether oxygens (including phenoxy) is 1. The van der Waals surface area contributed by atoms with Crippen LogP contribution in [0.3, 0.4) is 0 Å². The van der Waals surface area contributed by atoms with Gasteiger partial charge in [0.05, 0.1) is 0 Å². The SMILES string of the molecule is COCC(=O)N1CCN(Cc2cc(Cl)nc(Cl)c2)CC1. The molecule has 1 aliphatic rings. The molecule has 0 radical (unpaired) electrons. The quantitative estimate of drug-likeness (QED) is 0.793. The molecule has 110 valence electrons. The second kappa shape index (κ2) is 7.22. The van der Waals surface area contributed by atoms with Gasteiger partial charge in [-0.2, -0.15) is 0 Å². The van der Waals surface area contributed by atoms with Crippen molar-refractivity contribution in [3.05, 3.63) is 28.0 Å². The van der Waals surface area contributed by atoms with Gasteiger partial charge in [-0.25, -0.2) is 4.98 Å². The van der Waals surface area contributed by atoms with Crippen LogP contribution >= 0.6 is 23.2 Å². The summed E-state index contributed by atoms with van der Waals surface area (Å²) in [5.74, 6) is 0.0437. The number of amides is 1. The number of hydrogen-bond acceptors (Lipinski definition) is 4. The molecule has 7 heteroatoms. The van der Waals surface area contributed by atoms with E-state index in [0.717, 1.165) is 38.3 Å². The van der Waals surface area contributed by atoms with E-state index in [2.05, 4.69) is 9.88 Å². The minimum Gasteiger partial charge on any atom is -0.375 e. The van der Waals surface area contributed by atoms with Crippen molar-refractivity contribution in [1.82, 2.24) is 14.8 Å². The van der Waals surface area contributed by atoms with Gasteiger partial charge in [-0.1, -0.05) is 23.2 Å². The summed E-state index contributed by atoms with van der Waals surface area (Å²) in [6, 6.07) is 3.63. The second-order valence-corrected chi connectivity index (χ2v) is 5.49. The summed E-state index contributed by atoms with van der Waals surface area (Å²) in [5.41, 5.74) is 1.03. The number of rotatable bonds is 4. The fourth-order valence-electron chi connectivity index (χ4n) is 2.23. The molecule has 1 aromatic heterocycles. The Morgan fingerprint density at radius 3 is 2.40 bits per heavy atom. The minimum atomic E-state index is 0.0437. The van der Waals surface area contributed by atoms with Crippen LogP contribution in [0.5, 0.6) is 0 Å². The Balaban J connectivity index is 1.86. The molecule has 1 aliphatic heterocycles. The predicted octanol–water partition coefficient (Wildman–Crippen LogP) is 1.68. The maximum atomic E-state index is 11.7. The van der Waals surface area contributed by atoms with E-state index in [9.17, 15) is 4.79 Å². The molecular weight excluding hydrogens is 301 g/mol. The van der Waals surface area contributed by atoms with Gasteiger partial charge in [0.1, 0.15) is 16.9 Å². The maximum Gasteiger partial charge on any atom is 0.248 e. The standard InChI is InChI=1S/C13H17Cl2N3O2/c1-20-9-13(19)18-4-2-17(3-5-18)8-10-6-11(14)16-12(15)7-10/h6-7H,2-5,8-9H2,1H3. The van der Waals surface area contributed by atoms with Gasteiger partial charge in [-0.05, 0) is 17.7 Å². The highest BCUT2D eigenvalue weighted by atomic mass is 35.5. The van der Waals surface area contributed by atoms with Crippen LogP contribution in [0.4, 0.5) is 0 Å². The first kappa shape index (κ1) is 15.5. The van der Waals surface area contributed by atoms with Gasteiger partial charge in [-0.3, -0.25) is 9.69 Å². The lowest BCUT2D eigenvalue weighted by Crippen LogP contribution is -2.49. The van der Waals surface area contributed by atoms with Crippen LogP contribution in [-0.4, -0.2) is 60.6 Å². The van der Waals surface area contributed by atoms with Crippen molar-refractivity contribution in [2.24, 2.45) is 0 Å². The van der Waals surface area contributed by atoms with Crippen molar-refractivity contribution in [3.63, 3.8) is 0 Å². The Morgan fingerprint density at radius 1 is 1.25 bits per heavy atom. The fraction of sp³-hybridized carbons (Fsp3) is 0.538. The van der Waals surface area contributed by atoms with Gasteiger partial charge in [0, 0.05) is 39.8 Å². The molecule has 0 aromatic carbocycles. The Kier molecular flexibility index (Phi) is 5.60. The largest absolute Gasteiger partial charge is 0.375 e. The highest BCUT2D eigenvalue weighted by Gasteiger charge is 2.20. The molecule has 1 aromatic rings. The first-order chi connectivity index (χ1) is 9.58. The Morgan fingerprint density at radius 2 is 1.85 bits per heavy atom. The van der Waals surface area contributed by atoms with E-state index in [1.165, 1.54) is 7.11 Å². The number of hydrogen-bond donors (Lipinski definition) is 0. The van der Waals surface area contributed by atoms with E-state index in [1.54, 1.807) is 0 Å². The molecule has 2 rings (SSSR count). The van der Waals surface area contributed by atoms with Crippen LogP contribution in [0.25, 0.3) is 0 Å².